The average molecular weight is 404 g/mol. The molecular formula is C20H19F3N4O2. The van der Waals surface area contributed by atoms with Crippen LogP contribution < -0.4 is 0 Å². The molecule has 0 radical (unpaired) electrons. The van der Waals surface area contributed by atoms with E-state index in [1.165, 1.54) is 13.1 Å². The van der Waals surface area contributed by atoms with Crippen molar-refractivity contribution in [2.24, 2.45) is 0 Å². The number of fused-ring (bicyclic) bond motifs is 2. The Morgan fingerprint density at radius 3 is 2.86 bits per heavy atom. The van der Waals surface area contributed by atoms with Gasteiger partial charge in [-0.25, -0.2) is 9.97 Å². The van der Waals surface area contributed by atoms with Crippen molar-refractivity contribution in [1.82, 2.24) is 19.7 Å². The van der Waals surface area contributed by atoms with Gasteiger partial charge in [-0.3, -0.25) is 4.68 Å². The van der Waals surface area contributed by atoms with E-state index < -0.39 is 17.5 Å². The summed E-state index contributed by atoms with van der Waals surface area (Å²) in [5, 5.41) is 14.9. The van der Waals surface area contributed by atoms with Crippen LogP contribution in [0.3, 0.4) is 0 Å². The Labute approximate surface area is 164 Å². The van der Waals surface area contributed by atoms with Crippen LogP contribution in [0.1, 0.15) is 36.8 Å². The van der Waals surface area contributed by atoms with Crippen LogP contribution in [0.25, 0.3) is 22.4 Å². The minimum atomic E-state index is -4.53. The van der Waals surface area contributed by atoms with Crippen molar-refractivity contribution >= 4 is 11.2 Å². The third-order valence-electron chi connectivity index (χ3n) is 6.11. The Balaban J connectivity index is 1.58. The first-order valence-electron chi connectivity index (χ1n) is 9.54. The fourth-order valence-electron chi connectivity index (χ4n) is 4.72. The van der Waals surface area contributed by atoms with Gasteiger partial charge in [-0.15, -0.1) is 5.10 Å². The number of phenolic OH excluding ortho intramolecular Hbond substituents is 1. The van der Waals surface area contributed by atoms with Gasteiger partial charge in [-0.2, -0.15) is 13.2 Å². The lowest BCUT2D eigenvalue weighted by Gasteiger charge is -2.27. The van der Waals surface area contributed by atoms with Crippen LogP contribution in [0, 0.1) is 6.92 Å². The average Bonchev–Trinajstić information content (AvgIpc) is 3.33. The van der Waals surface area contributed by atoms with Gasteiger partial charge in [-0.05, 0) is 50.3 Å². The zero-order chi connectivity index (χ0) is 20.4. The quantitative estimate of drug-likeness (QED) is 0.693. The molecule has 3 heterocycles. The summed E-state index contributed by atoms with van der Waals surface area (Å²) in [5.41, 5.74) is 0.705. The van der Waals surface area contributed by atoms with E-state index in [0.717, 1.165) is 31.7 Å². The van der Waals surface area contributed by atoms with Crippen molar-refractivity contribution in [3.8, 4) is 17.0 Å². The summed E-state index contributed by atoms with van der Waals surface area (Å²) in [7, 11) is 0. The van der Waals surface area contributed by atoms with E-state index >= 15 is 0 Å². The van der Waals surface area contributed by atoms with Gasteiger partial charge in [0.15, 0.2) is 5.65 Å². The first kappa shape index (κ1) is 18.4. The third-order valence-corrected chi connectivity index (χ3v) is 6.11. The van der Waals surface area contributed by atoms with Crippen molar-refractivity contribution in [1.29, 1.82) is 0 Å². The molecule has 0 amide bonds. The number of hydrogen-bond acceptors (Lipinski definition) is 5. The van der Waals surface area contributed by atoms with Crippen molar-refractivity contribution in [3.63, 3.8) is 0 Å². The highest BCUT2D eigenvalue weighted by Crippen LogP contribution is 2.46. The normalized spacial score (nSPS) is 24.3. The van der Waals surface area contributed by atoms with Crippen molar-refractivity contribution in [3.05, 3.63) is 35.7 Å². The number of nitrogens with zero attached hydrogens (tertiary/aromatic N) is 4. The number of alkyl halides is 3. The van der Waals surface area contributed by atoms with Crippen LogP contribution in [0.2, 0.25) is 0 Å². The van der Waals surface area contributed by atoms with Crippen molar-refractivity contribution in [2.75, 3.05) is 6.61 Å². The number of halogens is 3. The highest BCUT2D eigenvalue weighted by atomic mass is 19.4. The fourth-order valence-corrected chi connectivity index (χ4v) is 4.72. The van der Waals surface area contributed by atoms with E-state index in [0.29, 0.717) is 23.8 Å². The Kier molecular flexibility index (Phi) is 3.90. The predicted octanol–water partition coefficient (Wildman–Crippen LogP) is 4.19. The highest BCUT2D eigenvalue weighted by Gasteiger charge is 2.49. The van der Waals surface area contributed by atoms with Gasteiger partial charge in [0.25, 0.3) is 0 Å². The summed E-state index contributed by atoms with van der Waals surface area (Å²) in [6.45, 7) is 2.21. The van der Waals surface area contributed by atoms with Crippen LogP contribution in [0.4, 0.5) is 13.2 Å². The molecule has 1 aliphatic heterocycles. The van der Waals surface area contributed by atoms with Crippen LogP contribution >= 0.6 is 0 Å². The van der Waals surface area contributed by atoms with Gasteiger partial charge in [0, 0.05) is 12.2 Å². The number of benzene rings is 1. The molecule has 9 heteroatoms. The first-order chi connectivity index (χ1) is 13.8. The highest BCUT2D eigenvalue weighted by molar-refractivity contribution is 5.77. The van der Waals surface area contributed by atoms with E-state index in [-0.39, 0.29) is 28.5 Å². The van der Waals surface area contributed by atoms with Gasteiger partial charge in [0.05, 0.1) is 35.3 Å². The Morgan fingerprint density at radius 1 is 1.28 bits per heavy atom. The summed E-state index contributed by atoms with van der Waals surface area (Å²) < 4.78 is 46.7. The first-order valence-corrected chi connectivity index (χ1v) is 9.54. The van der Waals surface area contributed by atoms with Gasteiger partial charge in [0.1, 0.15) is 11.3 Å². The fraction of sp³-hybridized carbons (Fsp3) is 0.450. The maximum Gasteiger partial charge on any atom is 0.416 e. The van der Waals surface area contributed by atoms with Gasteiger partial charge < -0.3 is 9.84 Å². The predicted molar refractivity (Wildman–Crippen MR) is 98.3 cm³/mol. The molecule has 0 bridgehead atoms. The molecule has 1 aromatic carbocycles. The number of rotatable bonds is 2. The molecule has 0 spiro atoms. The van der Waals surface area contributed by atoms with Gasteiger partial charge in [0.2, 0.25) is 0 Å². The molecule has 6 nitrogen and oxygen atoms in total. The molecule has 1 aliphatic carbocycles. The van der Waals surface area contributed by atoms with E-state index in [1.54, 1.807) is 0 Å². The maximum atomic E-state index is 13.0. The van der Waals surface area contributed by atoms with Crippen LogP contribution in [-0.4, -0.2) is 37.6 Å². The second kappa shape index (κ2) is 6.16. The largest absolute Gasteiger partial charge is 0.507 e. The molecule has 2 aliphatic rings. The molecule has 1 saturated heterocycles. The van der Waals surface area contributed by atoms with Gasteiger partial charge in [-0.1, -0.05) is 0 Å². The smallest absolute Gasteiger partial charge is 0.416 e. The second-order valence-electron chi connectivity index (χ2n) is 7.83. The zero-order valence-corrected chi connectivity index (χ0v) is 15.7. The number of phenols is 1. The van der Waals surface area contributed by atoms with Gasteiger partial charge >= 0.3 is 6.18 Å². The number of aryl methyl sites for hydroxylation is 1. The summed E-state index contributed by atoms with van der Waals surface area (Å²) in [5.74, 6) is -0.482. The number of aromatic hydroxyl groups is 1. The number of hydrogen-bond donors (Lipinski definition) is 1. The molecule has 1 N–H and O–H groups in total. The zero-order valence-electron chi connectivity index (χ0n) is 15.7. The molecule has 2 fully saturated rings. The standard InChI is InChI=1S/C20H19F3N4O2/c1-11-7-12(20(21,22)23)8-15(28)17(11)13-9-24-14-10-27(26-18(14)25-13)19-4-2-3-16(19)29-6-5-19/h7-10,16,28H,2-6H2,1H3/t16-,19+/m0/s1. The molecule has 2 atom stereocenters. The lowest BCUT2D eigenvalue weighted by molar-refractivity contribution is -0.137. The van der Waals surface area contributed by atoms with Crippen molar-refractivity contribution < 1.29 is 23.0 Å². The molecule has 5 rings (SSSR count). The monoisotopic (exact) mass is 404 g/mol. The van der Waals surface area contributed by atoms with E-state index in [9.17, 15) is 18.3 Å². The molecule has 152 valence electrons. The third kappa shape index (κ3) is 2.78. The topological polar surface area (TPSA) is 73.1 Å². The molecule has 1 saturated carbocycles. The number of ether oxygens (including phenoxy) is 1. The Morgan fingerprint density at radius 2 is 2.10 bits per heavy atom. The van der Waals surface area contributed by atoms with Crippen LogP contribution in [0.15, 0.2) is 24.5 Å². The lowest BCUT2D eigenvalue weighted by atomic mass is 9.94. The molecule has 2 aromatic heterocycles. The summed E-state index contributed by atoms with van der Waals surface area (Å²) in [6, 6.07) is 1.71. The Hall–Kier alpha value is -2.68. The molecule has 29 heavy (non-hydrogen) atoms. The lowest BCUT2D eigenvalue weighted by Crippen LogP contribution is -2.37. The molecule has 0 unspecified atom stereocenters. The van der Waals surface area contributed by atoms with Crippen LogP contribution in [0.5, 0.6) is 5.75 Å². The van der Waals surface area contributed by atoms with Crippen molar-refractivity contribution in [2.45, 2.75) is 50.4 Å². The van der Waals surface area contributed by atoms with Crippen LogP contribution in [-0.2, 0) is 16.5 Å². The second-order valence-corrected chi connectivity index (χ2v) is 7.83. The molecular weight excluding hydrogens is 385 g/mol. The summed E-state index contributed by atoms with van der Waals surface area (Å²) >= 11 is 0. The SMILES string of the molecule is Cc1cc(C(F)(F)F)cc(O)c1-c1cnc2cn([C@@]34CCC[C@@H]3OCC4)nc2n1. The minimum absolute atomic E-state index is 0.137. The summed E-state index contributed by atoms with van der Waals surface area (Å²) in [6.07, 6.45) is 2.87. The van der Waals surface area contributed by atoms with E-state index in [2.05, 4.69) is 15.1 Å². The number of aromatic nitrogens is 4. The molecule has 3 aromatic rings. The van der Waals surface area contributed by atoms with E-state index in [1.807, 2.05) is 10.9 Å². The minimum Gasteiger partial charge on any atom is -0.507 e. The maximum absolute atomic E-state index is 13.0. The van der Waals surface area contributed by atoms with E-state index in [4.69, 9.17) is 4.74 Å². The Bertz CT molecular complexity index is 1080. The summed E-state index contributed by atoms with van der Waals surface area (Å²) in [4.78, 5) is 8.88.